The van der Waals surface area contributed by atoms with Gasteiger partial charge in [-0.15, -0.1) is 12.4 Å². The van der Waals surface area contributed by atoms with E-state index in [1.54, 1.807) is 6.20 Å². The summed E-state index contributed by atoms with van der Waals surface area (Å²) in [5.41, 5.74) is 0.343. The van der Waals surface area contributed by atoms with Gasteiger partial charge in [-0.25, -0.2) is 4.98 Å². The summed E-state index contributed by atoms with van der Waals surface area (Å²) in [6.07, 6.45) is 4.50. The van der Waals surface area contributed by atoms with Gasteiger partial charge in [0.15, 0.2) is 0 Å². The maximum Gasteiger partial charge on any atom is 0.272 e. The lowest BCUT2D eigenvalue weighted by molar-refractivity contribution is 0.0334. The average Bonchev–Trinajstić information content (AvgIpc) is 2.38. The van der Waals surface area contributed by atoms with Gasteiger partial charge in [0.2, 0.25) is 0 Å². The van der Waals surface area contributed by atoms with Crippen molar-refractivity contribution >= 4 is 18.3 Å². The molecule has 17 heavy (non-hydrogen) atoms. The Balaban J connectivity index is 0.00000144. The zero-order chi connectivity index (χ0) is 11.2. The van der Waals surface area contributed by atoms with Gasteiger partial charge in [0.05, 0.1) is 26.1 Å². The number of halogens is 1. The highest BCUT2D eigenvalue weighted by molar-refractivity contribution is 5.91. The fourth-order valence-corrected chi connectivity index (χ4v) is 1.45. The van der Waals surface area contributed by atoms with Gasteiger partial charge >= 0.3 is 0 Å². The van der Waals surface area contributed by atoms with Crippen LogP contribution >= 0.6 is 12.4 Å². The maximum atomic E-state index is 11.6. The predicted octanol–water partition coefficient (Wildman–Crippen LogP) is -0.0821. The molecule has 94 valence electrons. The monoisotopic (exact) mass is 258 g/mol. The lowest BCUT2D eigenvalue weighted by Crippen LogP contribution is -2.43. The molecule has 7 heteroatoms. The Labute approximate surface area is 106 Å². The number of aromatic nitrogens is 2. The van der Waals surface area contributed by atoms with Crippen molar-refractivity contribution in [2.45, 2.75) is 0 Å². The summed E-state index contributed by atoms with van der Waals surface area (Å²) in [7, 11) is 0. The highest BCUT2D eigenvalue weighted by Gasteiger charge is 2.12. The molecular weight excluding hydrogens is 244 g/mol. The van der Waals surface area contributed by atoms with E-state index in [0.29, 0.717) is 12.4 Å². The molecule has 2 rings (SSSR count). The Morgan fingerprint density at radius 2 is 2.18 bits per heavy atom. The van der Waals surface area contributed by atoms with E-state index >= 15 is 0 Å². The Morgan fingerprint density at radius 3 is 2.82 bits per heavy atom. The van der Waals surface area contributed by atoms with Crippen LogP contribution in [0.3, 0.4) is 0 Å². The lowest BCUT2D eigenvalue weighted by Gasteiger charge is -2.26. The van der Waals surface area contributed by atoms with Crippen LogP contribution in [0.2, 0.25) is 0 Å². The van der Waals surface area contributed by atoms with Crippen LogP contribution in [-0.4, -0.2) is 53.7 Å². The van der Waals surface area contributed by atoms with E-state index in [1.807, 2.05) is 0 Å². The third-order valence-corrected chi connectivity index (χ3v) is 2.36. The molecule has 0 unspecified atom stereocenters. The van der Waals surface area contributed by atoms with Crippen LogP contribution in [0.5, 0.6) is 0 Å². The third-order valence-electron chi connectivity index (χ3n) is 2.36. The second-order valence-corrected chi connectivity index (χ2v) is 3.49. The van der Waals surface area contributed by atoms with Crippen LogP contribution in [0.15, 0.2) is 18.6 Å². The van der Waals surface area contributed by atoms with Crippen molar-refractivity contribution in [1.29, 1.82) is 0 Å². The topological polar surface area (TPSA) is 67.4 Å². The Morgan fingerprint density at radius 1 is 1.41 bits per heavy atom. The third kappa shape index (κ3) is 4.26. The zero-order valence-electron chi connectivity index (χ0n) is 9.33. The molecule has 0 saturated carbocycles. The van der Waals surface area contributed by atoms with Gasteiger partial charge in [-0.05, 0) is 0 Å². The van der Waals surface area contributed by atoms with Crippen molar-refractivity contribution in [2.75, 3.05) is 33.0 Å². The van der Waals surface area contributed by atoms with E-state index in [1.165, 1.54) is 12.4 Å². The molecule has 0 aliphatic carbocycles. The number of hydrogen-bond donors (Lipinski definition) is 1. The van der Waals surface area contributed by atoms with Crippen molar-refractivity contribution in [1.82, 2.24) is 20.2 Å². The maximum absolute atomic E-state index is 11.6. The van der Waals surface area contributed by atoms with Crippen LogP contribution < -0.4 is 5.32 Å². The summed E-state index contributed by atoms with van der Waals surface area (Å²) in [5, 5.41) is 2.80. The molecule has 0 atom stereocenters. The summed E-state index contributed by atoms with van der Waals surface area (Å²) in [5.74, 6) is -0.195. The lowest BCUT2D eigenvalue weighted by atomic mass is 10.4. The van der Waals surface area contributed by atoms with Gasteiger partial charge in [-0.3, -0.25) is 14.7 Å². The minimum atomic E-state index is -0.195. The molecule has 1 aliphatic rings. The second kappa shape index (κ2) is 7.16. The van der Waals surface area contributed by atoms with E-state index < -0.39 is 0 Å². The number of hydrogen-bond acceptors (Lipinski definition) is 5. The minimum absolute atomic E-state index is 0. The van der Waals surface area contributed by atoms with Crippen LogP contribution in [-0.2, 0) is 4.74 Å². The van der Waals surface area contributed by atoms with Crippen LogP contribution in [0.25, 0.3) is 0 Å². The molecule has 1 aromatic rings. The van der Waals surface area contributed by atoms with Crippen molar-refractivity contribution < 1.29 is 9.53 Å². The first-order valence-electron chi connectivity index (χ1n) is 5.20. The molecule has 0 bridgehead atoms. The summed E-state index contributed by atoms with van der Waals surface area (Å²) in [6.45, 7) is 3.67. The first-order chi connectivity index (χ1) is 7.86. The van der Waals surface area contributed by atoms with Gasteiger partial charge in [0.1, 0.15) is 5.69 Å². The fraction of sp³-hybridized carbons (Fsp3) is 0.500. The van der Waals surface area contributed by atoms with Gasteiger partial charge in [-0.2, -0.15) is 0 Å². The molecule has 1 fully saturated rings. The number of carbonyl (C=O) groups excluding carboxylic acids is 1. The van der Waals surface area contributed by atoms with Crippen molar-refractivity contribution in [2.24, 2.45) is 0 Å². The SMILES string of the molecule is Cl.O=C(NCN1CCOCC1)c1cnccn1. The van der Waals surface area contributed by atoms with Gasteiger partial charge < -0.3 is 10.1 Å². The molecule has 1 N–H and O–H groups in total. The Bertz CT molecular complexity index is 343. The first-order valence-corrected chi connectivity index (χ1v) is 5.20. The number of ether oxygens (including phenoxy) is 1. The molecule has 0 radical (unpaired) electrons. The zero-order valence-corrected chi connectivity index (χ0v) is 10.2. The number of nitrogens with zero attached hydrogens (tertiary/aromatic N) is 3. The van der Waals surface area contributed by atoms with Crippen LogP contribution in [0, 0.1) is 0 Å². The van der Waals surface area contributed by atoms with Crippen LogP contribution in [0.1, 0.15) is 10.5 Å². The molecule has 0 spiro atoms. The molecule has 1 aromatic heterocycles. The number of amides is 1. The Kier molecular flexibility index (Phi) is 5.82. The first kappa shape index (κ1) is 13.8. The van der Waals surface area contributed by atoms with Crippen molar-refractivity contribution in [3.63, 3.8) is 0 Å². The van der Waals surface area contributed by atoms with E-state index in [-0.39, 0.29) is 18.3 Å². The van der Waals surface area contributed by atoms with Crippen LogP contribution in [0.4, 0.5) is 0 Å². The van der Waals surface area contributed by atoms with E-state index in [0.717, 1.165) is 26.3 Å². The highest BCUT2D eigenvalue weighted by Crippen LogP contribution is 1.95. The largest absolute Gasteiger partial charge is 0.379 e. The second-order valence-electron chi connectivity index (χ2n) is 3.49. The number of morpholine rings is 1. The number of rotatable bonds is 3. The predicted molar refractivity (Wildman–Crippen MR) is 64.0 cm³/mol. The quantitative estimate of drug-likeness (QED) is 0.821. The van der Waals surface area contributed by atoms with Gasteiger partial charge in [-0.1, -0.05) is 0 Å². The highest BCUT2D eigenvalue weighted by atomic mass is 35.5. The Hall–Kier alpha value is -1.24. The van der Waals surface area contributed by atoms with Gasteiger partial charge in [0.25, 0.3) is 5.91 Å². The summed E-state index contributed by atoms with van der Waals surface area (Å²) in [4.78, 5) is 21.5. The molecule has 0 aromatic carbocycles. The molecule has 1 saturated heterocycles. The number of nitrogens with one attached hydrogen (secondary N) is 1. The molecule has 1 aliphatic heterocycles. The number of carbonyl (C=O) groups is 1. The standard InChI is InChI=1S/C10H14N4O2.ClH/c15-10(9-7-11-1-2-12-9)13-8-14-3-5-16-6-4-14;/h1-2,7H,3-6,8H2,(H,13,15);1H. The van der Waals surface area contributed by atoms with E-state index in [2.05, 4.69) is 20.2 Å². The van der Waals surface area contributed by atoms with Crippen molar-refractivity contribution in [3.05, 3.63) is 24.3 Å². The van der Waals surface area contributed by atoms with E-state index in [9.17, 15) is 4.79 Å². The molecule has 6 nitrogen and oxygen atoms in total. The molecule has 2 heterocycles. The normalized spacial score (nSPS) is 16.0. The fourth-order valence-electron chi connectivity index (χ4n) is 1.45. The molecule has 1 amide bonds. The van der Waals surface area contributed by atoms with Gasteiger partial charge in [0, 0.05) is 25.5 Å². The molecular formula is C10H15ClN4O2. The minimum Gasteiger partial charge on any atom is -0.379 e. The smallest absolute Gasteiger partial charge is 0.272 e. The summed E-state index contributed by atoms with van der Waals surface area (Å²) >= 11 is 0. The van der Waals surface area contributed by atoms with Crippen molar-refractivity contribution in [3.8, 4) is 0 Å². The van der Waals surface area contributed by atoms with E-state index in [4.69, 9.17) is 4.74 Å². The average molecular weight is 259 g/mol. The summed E-state index contributed by atoms with van der Waals surface area (Å²) < 4.78 is 5.21. The summed E-state index contributed by atoms with van der Waals surface area (Å²) in [6, 6.07) is 0.